The van der Waals surface area contributed by atoms with E-state index in [1.165, 1.54) is 50.4 Å². The highest BCUT2D eigenvalue weighted by atomic mass is 79.9. The molecule has 0 unspecified atom stereocenters. The van der Waals surface area contributed by atoms with Crippen molar-refractivity contribution in [2.45, 2.75) is 19.5 Å². The molecule has 3 rings (SSSR count). The van der Waals surface area contributed by atoms with Gasteiger partial charge in [0.05, 0.1) is 13.2 Å². The first-order valence-corrected chi connectivity index (χ1v) is 11.9. The number of anilines is 1. The van der Waals surface area contributed by atoms with E-state index in [4.69, 9.17) is 9.05 Å². The van der Waals surface area contributed by atoms with Gasteiger partial charge in [0, 0.05) is 27.3 Å². The van der Waals surface area contributed by atoms with Crippen LogP contribution in [0.1, 0.15) is 29.9 Å². The SMILES string of the molecule is CCOP(=O)(OCC)C(F)(F)c1cc2cnc(C(=O)Nc3cccc(F)c3)cc2cc1Br. The molecule has 6 nitrogen and oxygen atoms in total. The molecule has 1 heterocycles. The van der Waals surface area contributed by atoms with Gasteiger partial charge in [-0.25, -0.2) is 4.39 Å². The number of benzene rings is 2. The van der Waals surface area contributed by atoms with Crippen molar-refractivity contribution in [1.29, 1.82) is 0 Å². The van der Waals surface area contributed by atoms with Crippen molar-refractivity contribution in [3.05, 3.63) is 70.2 Å². The van der Waals surface area contributed by atoms with E-state index in [2.05, 4.69) is 26.2 Å². The van der Waals surface area contributed by atoms with E-state index in [0.29, 0.717) is 5.39 Å². The highest BCUT2D eigenvalue weighted by Crippen LogP contribution is 2.67. The van der Waals surface area contributed by atoms with Crippen LogP contribution in [0.3, 0.4) is 0 Å². The van der Waals surface area contributed by atoms with Gasteiger partial charge in [-0.2, -0.15) is 8.78 Å². The average molecular weight is 531 g/mol. The summed E-state index contributed by atoms with van der Waals surface area (Å²) in [5, 5.41) is 3.23. The van der Waals surface area contributed by atoms with Gasteiger partial charge in [0.25, 0.3) is 5.91 Å². The van der Waals surface area contributed by atoms with Gasteiger partial charge >= 0.3 is 13.3 Å². The van der Waals surface area contributed by atoms with Crippen molar-refractivity contribution in [3.8, 4) is 0 Å². The topological polar surface area (TPSA) is 77.5 Å². The van der Waals surface area contributed by atoms with Crippen LogP contribution in [0.15, 0.2) is 53.1 Å². The van der Waals surface area contributed by atoms with Crippen molar-refractivity contribution in [2.24, 2.45) is 0 Å². The molecule has 170 valence electrons. The molecule has 0 aliphatic rings. The zero-order chi connectivity index (χ0) is 23.5. The molecule has 0 saturated carbocycles. The van der Waals surface area contributed by atoms with E-state index < -0.39 is 30.5 Å². The number of fused-ring (bicyclic) bond motifs is 1. The van der Waals surface area contributed by atoms with Crippen LogP contribution in [0, 0.1) is 5.82 Å². The Hall–Kier alpha value is -2.26. The third-order valence-corrected chi connectivity index (χ3v) is 7.17. The standard InChI is InChI=1S/C21H19BrF3N2O4P/c1-3-30-32(29,31-4-2)21(24,25)17-8-14-12-26-19(10-13(14)9-18(17)22)20(28)27-16-7-5-6-15(23)11-16/h5-12H,3-4H2,1-2H3,(H,27,28). The first-order chi connectivity index (χ1) is 15.1. The molecule has 0 atom stereocenters. The zero-order valence-electron chi connectivity index (χ0n) is 17.1. The smallest absolute Gasteiger partial charge is 0.321 e. The van der Waals surface area contributed by atoms with Gasteiger partial charge in [-0.3, -0.25) is 14.3 Å². The monoisotopic (exact) mass is 530 g/mol. The molecular weight excluding hydrogens is 512 g/mol. The van der Waals surface area contributed by atoms with Gasteiger partial charge < -0.3 is 14.4 Å². The number of carbonyl (C=O) groups is 1. The number of hydrogen-bond donors (Lipinski definition) is 1. The summed E-state index contributed by atoms with van der Waals surface area (Å²) in [6.07, 6.45) is 1.24. The average Bonchev–Trinajstić information content (AvgIpc) is 2.73. The van der Waals surface area contributed by atoms with E-state index in [-0.39, 0.29) is 34.5 Å². The summed E-state index contributed by atoms with van der Waals surface area (Å²) in [6, 6.07) is 9.24. The maximum Gasteiger partial charge on any atom is 0.404 e. The summed E-state index contributed by atoms with van der Waals surface area (Å²) in [6.45, 7) is 2.45. The normalized spacial score (nSPS) is 12.2. The van der Waals surface area contributed by atoms with Gasteiger partial charge in [0.2, 0.25) is 0 Å². The molecule has 11 heteroatoms. The number of pyridine rings is 1. The lowest BCUT2D eigenvalue weighted by Crippen LogP contribution is -2.19. The van der Waals surface area contributed by atoms with E-state index in [9.17, 15) is 13.8 Å². The van der Waals surface area contributed by atoms with Crippen LogP contribution in [0.2, 0.25) is 0 Å². The van der Waals surface area contributed by atoms with Crippen LogP contribution >= 0.6 is 23.5 Å². The molecule has 0 radical (unpaired) electrons. The van der Waals surface area contributed by atoms with Crippen molar-refractivity contribution in [1.82, 2.24) is 4.98 Å². The second-order valence-corrected chi connectivity index (χ2v) is 9.51. The predicted octanol–water partition coefficient (Wildman–Crippen LogP) is 6.70. The third-order valence-electron chi connectivity index (χ3n) is 4.39. The van der Waals surface area contributed by atoms with Crippen molar-refractivity contribution >= 4 is 45.9 Å². The summed E-state index contributed by atoms with van der Waals surface area (Å²) in [5.41, 5.74) is -4.27. The first-order valence-electron chi connectivity index (χ1n) is 9.55. The lowest BCUT2D eigenvalue weighted by molar-refractivity contribution is 0.0356. The minimum atomic E-state index is -4.80. The van der Waals surface area contributed by atoms with Crippen LogP contribution in [-0.4, -0.2) is 24.1 Å². The molecule has 0 spiro atoms. The van der Waals surface area contributed by atoms with Crippen molar-refractivity contribution in [2.75, 3.05) is 18.5 Å². The molecule has 1 aromatic heterocycles. The Kier molecular flexibility index (Phi) is 7.39. The fourth-order valence-corrected chi connectivity index (χ4v) is 5.29. The summed E-state index contributed by atoms with van der Waals surface area (Å²) in [7, 11) is -4.80. The second-order valence-electron chi connectivity index (χ2n) is 6.59. The molecular formula is C21H19BrF3N2O4P. The Balaban J connectivity index is 1.97. The molecule has 1 N–H and O–H groups in total. The molecule has 0 bridgehead atoms. The first kappa shape index (κ1) is 24.4. The number of nitrogens with zero attached hydrogens (tertiary/aromatic N) is 1. The Morgan fingerprint density at radius 1 is 1.12 bits per heavy atom. The number of rotatable bonds is 8. The van der Waals surface area contributed by atoms with Crippen molar-refractivity contribution < 1.29 is 31.6 Å². The van der Waals surface area contributed by atoms with Crippen LogP contribution in [0.5, 0.6) is 0 Å². The van der Waals surface area contributed by atoms with Gasteiger partial charge in [0.1, 0.15) is 11.5 Å². The number of alkyl halides is 2. The molecule has 32 heavy (non-hydrogen) atoms. The number of aromatic nitrogens is 1. The third kappa shape index (κ3) is 4.88. The maximum atomic E-state index is 15.2. The van der Waals surface area contributed by atoms with E-state index in [0.717, 1.165) is 12.1 Å². The Morgan fingerprint density at radius 3 is 2.44 bits per heavy atom. The summed E-state index contributed by atoms with van der Waals surface area (Å²) in [4.78, 5) is 16.5. The van der Waals surface area contributed by atoms with E-state index >= 15 is 8.78 Å². The summed E-state index contributed by atoms with van der Waals surface area (Å²) >= 11 is 3.10. The molecule has 0 aliphatic carbocycles. The fraction of sp³-hybridized carbons (Fsp3) is 0.238. The molecule has 0 saturated heterocycles. The summed E-state index contributed by atoms with van der Waals surface area (Å²) in [5.74, 6) is -1.11. The van der Waals surface area contributed by atoms with Crippen molar-refractivity contribution in [3.63, 3.8) is 0 Å². The van der Waals surface area contributed by atoms with E-state index in [1.54, 1.807) is 0 Å². The zero-order valence-corrected chi connectivity index (χ0v) is 19.6. The van der Waals surface area contributed by atoms with E-state index in [1.807, 2.05) is 0 Å². The Bertz CT molecular complexity index is 1200. The highest BCUT2D eigenvalue weighted by Gasteiger charge is 2.55. The number of amides is 1. The quantitative estimate of drug-likeness (QED) is 0.327. The largest absolute Gasteiger partial charge is 0.404 e. The number of hydrogen-bond acceptors (Lipinski definition) is 5. The van der Waals surface area contributed by atoms with Gasteiger partial charge in [0.15, 0.2) is 0 Å². The fourth-order valence-electron chi connectivity index (χ4n) is 2.97. The van der Waals surface area contributed by atoms with Crippen LogP contribution < -0.4 is 5.32 Å². The minimum absolute atomic E-state index is 0.00229. The van der Waals surface area contributed by atoms with Crippen LogP contribution in [0.4, 0.5) is 18.9 Å². The van der Waals surface area contributed by atoms with Gasteiger partial charge in [-0.15, -0.1) is 0 Å². The summed E-state index contributed by atoms with van der Waals surface area (Å²) < 4.78 is 66.1. The molecule has 2 aromatic carbocycles. The lowest BCUT2D eigenvalue weighted by Gasteiger charge is -2.27. The predicted molar refractivity (Wildman–Crippen MR) is 119 cm³/mol. The van der Waals surface area contributed by atoms with Gasteiger partial charge in [-0.05, 0) is 55.6 Å². The van der Waals surface area contributed by atoms with Gasteiger partial charge in [-0.1, -0.05) is 22.0 Å². The Labute approximate surface area is 190 Å². The number of halogens is 4. The number of carbonyl (C=O) groups excluding carboxylic acids is 1. The van der Waals surface area contributed by atoms with Crippen LogP contribution in [-0.2, 0) is 19.3 Å². The molecule has 3 aromatic rings. The number of nitrogens with one attached hydrogen (secondary N) is 1. The Morgan fingerprint density at radius 2 is 1.81 bits per heavy atom. The van der Waals surface area contributed by atoms with Crippen LogP contribution in [0.25, 0.3) is 10.8 Å². The molecule has 1 amide bonds. The second kappa shape index (κ2) is 9.70. The molecule has 0 aliphatic heterocycles. The maximum absolute atomic E-state index is 15.2. The molecule has 0 fully saturated rings. The highest BCUT2D eigenvalue weighted by molar-refractivity contribution is 9.10. The minimum Gasteiger partial charge on any atom is -0.321 e. The lowest BCUT2D eigenvalue weighted by atomic mass is 10.1.